The highest BCUT2D eigenvalue weighted by Gasteiger charge is 2.33. The lowest BCUT2D eigenvalue weighted by molar-refractivity contribution is -0.118. The van der Waals surface area contributed by atoms with Crippen molar-refractivity contribution in [3.63, 3.8) is 0 Å². The summed E-state index contributed by atoms with van der Waals surface area (Å²) >= 11 is 5.81. The molecule has 1 saturated carbocycles. The summed E-state index contributed by atoms with van der Waals surface area (Å²) < 4.78 is 26.9. The molecule has 1 N–H and O–H groups in total. The predicted molar refractivity (Wildman–Crippen MR) is 142 cm³/mol. The van der Waals surface area contributed by atoms with Gasteiger partial charge in [0.2, 0.25) is 5.91 Å². The van der Waals surface area contributed by atoms with Crippen LogP contribution in [0.3, 0.4) is 0 Å². The van der Waals surface area contributed by atoms with Crippen LogP contribution in [0, 0.1) is 5.92 Å². The molecule has 1 aromatic heterocycles. The van der Waals surface area contributed by atoms with Crippen LogP contribution in [0.15, 0.2) is 53.9 Å². The Morgan fingerprint density at radius 1 is 1.11 bits per heavy atom. The molecule has 2 unspecified atom stereocenters. The first-order valence-electron chi connectivity index (χ1n) is 12.5. The average Bonchev–Trinajstić information content (AvgIpc) is 3.39. The van der Waals surface area contributed by atoms with Gasteiger partial charge in [-0.15, -0.1) is 16.8 Å². The molecule has 1 saturated heterocycles. The van der Waals surface area contributed by atoms with Crippen molar-refractivity contribution in [1.29, 1.82) is 0 Å². The van der Waals surface area contributed by atoms with E-state index in [0.717, 1.165) is 31.5 Å². The lowest BCUT2D eigenvalue weighted by Gasteiger charge is -2.36. The maximum absolute atomic E-state index is 13.5. The smallest absolute Gasteiger partial charge is 0.233 e. The van der Waals surface area contributed by atoms with Crippen LogP contribution in [-0.4, -0.2) is 72.9 Å². The Kier molecular flexibility index (Phi) is 8.77. The van der Waals surface area contributed by atoms with Crippen LogP contribution in [0.1, 0.15) is 43.6 Å². The summed E-state index contributed by atoms with van der Waals surface area (Å²) in [5.74, 6) is 0.189. The monoisotopic (exact) mass is 531 g/mol. The Labute approximate surface area is 218 Å². The number of amides is 1. The molecule has 36 heavy (non-hydrogen) atoms. The zero-order valence-corrected chi connectivity index (χ0v) is 22.2. The normalized spacial score (nSPS) is 19.6. The number of nitrogens with one attached hydrogen (secondary N) is 1. The number of benzene rings is 1. The Hall–Kier alpha value is -2.33. The van der Waals surface area contributed by atoms with Gasteiger partial charge in [0.1, 0.15) is 5.37 Å². The fourth-order valence-corrected chi connectivity index (χ4v) is 6.90. The fraction of sp³-hybridized carbons (Fsp3) is 0.500. The fourth-order valence-electron chi connectivity index (χ4n) is 5.15. The van der Waals surface area contributed by atoms with E-state index in [9.17, 15) is 13.2 Å². The number of nitrogens with zero attached hydrogens (tertiary/aromatic N) is 4. The van der Waals surface area contributed by atoms with Crippen molar-refractivity contribution in [1.82, 2.24) is 20.0 Å². The molecule has 2 atom stereocenters. The first-order chi connectivity index (χ1) is 17.3. The Morgan fingerprint density at radius 2 is 1.78 bits per heavy atom. The molecular formula is C26H34ClN5O3S. The molecular weight excluding hydrogens is 498 g/mol. The highest BCUT2D eigenvalue weighted by atomic mass is 35.5. The summed E-state index contributed by atoms with van der Waals surface area (Å²) in [6, 6.07) is 9.96. The third kappa shape index (κ3) is 6.32. The van der Waals surface area contributed by atoms with E-state index in [2.05, 4.69) is 27.0 Å². The molecule has 10 heteroatoms. The van der Waals surface area contributed by atoms with Crippen molar-refractivity contribution in [3.8, 4) is 0 Å². The number of anilines is 1. The van der Waals surface area contributed by atoms with Crippen molar-refractivity contribution in [2.45, 2.75) is 48.3 Å². The summed E-state index contributed by atoms with van der Waals surface area (Å²) in [4.78, 5) is 17.7. The van der Waals surface area contributed by atoms with Gasteiger partial charge in [0, 0.05) is 26.2 Å². The molecule has 2 fully saturated rings. The highest BCUT2D eigenvalue weighted by Crippen LogP contribution is 2.35. The highest BCUT2D eigenvalue weighted by molar-refractivity contribution is 7.92. The van der Waals surface area contributed by atoms with E-state index < -0.39 is 21.1 Å². The topological polar surface area (TPSA) is 95.5 Å². The lowest BCUT2D eigenvalue weighted by atomic mass is 9.87. The number of sulfone groups is 1. The number of aromatic nitrogens is 2. The standard InChI is InChI=1S/C26H34ClN5O3S/c1-3-25(32-16-14-31(2)15-17-32)36(34,35)21-10-8-20(9-11-21)22(18-19-6-4-5-7-19)26(33)28-24-13-12-23(27)29-30-24/h3,8-13,19,22,25H,1,4-7,14-18H2,2H3,(H,28,30,33). The molecule has 8 nitrogen and oxygen atoms in total. The molecule has 1 amide bonds. The predicted octanol–water partition coefficient (Wildman–Crippen LogP) is 3.97. The molecule has 194 valence electrons. The summed E-state index contributed by atoms with van der Waals surface area (Å²) in [5.41, 5.74) is 0.787. The van der Waals surface area contributed by atoms with E-state index in [-0.39, 0.29) is 16.0 Å². The molecule has 1 aliphatic carbocycles. The zero-order valence-electron chi connectivity index (χ0n) is 20.6. The van der Waals surface area contributed by atoms with Crippen molar-refractivity contribution < 1.29 is 13.2 Å². The van der Waals surface area contributed by atoms with Gasteiger partial charge >= 0.3 is 0 Å². The molecule has 2 heterocycles. The van der Waals surface area contributed by atoms with E-state index >= 15 is 0 Å². The first kappa shape index (κ1) is 26.7. The van der Waals surface area contributed by atoms with Crippen molar-refractivity contribution in [3.05, 3.63) is 59.8 Å². The Bertz CT molecular complexity index is 1140. The van der Waals surface area contributed by atoms with Crippen LogP contribution in [0.5, 0.6) is 0 Å². The van der Waals surface area contributed by atoms with E-state index in [0.29, 0.717) is 31.2 Å². The van der Waals surface area contributed by atoms with Gasteiger partial charge < -0.3 is 10.2 Å². The quantitative estimate of drug-likeness (QED) is 0.489. The number of hydrogen-bond acceptors (Lipinski definition) is 7. The van der Waals surface area contributed by atoms with Gasteiger partial charge in [0.25, 0.3) is 0 Å². The van der Waals surface area contributed by atoms with Crippen LogP contribution in [0.4, 0.5) is 5.82 Å². The summed E-state index contributed by atoms with van der Waals surface area (Å²) in [5, 5.41) is 10.1. The number of likely N-dealkylation sites (N-methyl/N-ethyl adjacent to an activating group) is 1. The minimum atomic E-state index is -3.65. The van der Waals surface area contributed by atoms with Gasteiger partial charge in [0.15, 0.2) is 20.8 Å². The summed E-state index contributed by atoms with van der Waals surface area (Å²) in [7, 11) is -1.62. The van der Waals surface area contributed by atoms with Gasteiger partial charge in [-0.3, -0.25) is 9.69 Å². The van der Waals surface area contributed by atoms with Gasteiger partial charge in [0.05, 0.1) is 10.8 Å². The van der Waals surface area contributed by atoms with E-state index in [1.54, 1.807) is 36.4 Å². The maximum atomic E-state index is 13.5. The summed E-state index contributed by atoms with van der Waals surface area (Å²) in [6.07, 6.45) is 6.77. The van der Waals surface area contributed by atoms with Crippen LogP contribution < -0.4 is 5.32 Å². The number of rotatable bonds is 9. The number of hydrogen-bond donors (Lipinski definition) is 1. The second-order valence-corrected chi connectivity index (χ2v) is 12.2. The molecule has 1 aromatic carbocycles. The second kappa shape index (κ2) is 11.8. The SMILES string of the molecule is C=CC(N1CCN(C)CC1)S(=O)(=O)c1ccc(C(CC2CCCC2)C(=O)Nc2ccc(Cl)nn2)cc1. The molecule has 2 aliphatic rings. The molecule has 4 rings (SSSR count). The minimum absolute atomic E-state index is 0.185. The third-order valence-electron chi connectivity index (χ3n) is 7.27. The molecule has 2 aromatic rings. The van der Waals surface area contributed by atoms with Crippen LogP contribution in [0.25, 0.3) is 0 Å². The second-order valence-electron chi connectivity index (χ2n) is 9.75. The van der Waals surface area contributed by atoms with Crippen molar-refractivity contribution >= 4 is 33.2 Å². The molecule has 0 spiro atoms. The number of piperazine rings is 1. The van der Waals surface area contributed by atoms with E-state index in [4.69, 9.17) is 11.6 Å². The lowest BCUT2D eigenvalue weighted by Crippen LogP contribution is -2.50. The average molecular weight is 532 g/mol. The van der Waals surface area contributed by atoms with Crippen molar-refractivity contribution in [2.24, 2.45) is 5.92 Å². The van der Waals surface area contributed by atoms with Gasteiger partial charge in [-0.2, -0.15) is 0 Å². The molecule has 1 aliphatic heterocycles. The van der Waals surface area contributed by atoms with Crippen molar-refractivity contribution in [2.75, 3.05) is 38.5 Å². The molecule has 0 radical (unpaired) electrons. The number of halogens is 1. The first-order valence-corrected chi connectivity index (χ1v) is 14.4. The molecule has 0 bridgehead atoms. The van der Waals surface area contributed by atoms with Crippen LogP contribution in [-0.2, 0) is 14.6 Å². The zero-order chi connectivity index (χ0) is 25.7. The van der Waals surface area contributed by atoms with Gasteiger partial charge in [-0.05, 0) is 49.2 Å². The maximum Gasteiger partial charge on any atom is 0.233 e. The Balaban J connectivity index is 1.55. The Morgan fingerprint density at radius 3 is 2.36 bits per heavy atom. The number of carbonyl (C=O) groups excluding carboxylic acids is 1. The van der Waals surface area contributed by atoms with Crippen LogP contribution >= 0.6 is 11.6 Å². The summed E-state index contributed by atoms with van der Waals surface area (Å²) in [6.45, 7) is 6.78. The van der Waals surface area contributed by atoms with Gasteiger partial charge in [-0.1, -0.05) is 55.5 Å². The van der Waals surface area contributed by atoms with E-state index in [1.807, 2.05) is 11.9 Å². The minimum Gasteiger partial charge on any atom is -0.309 e. The third-order valence-corrected chi connectivity index (χ3v) is 9.53. The van der Waals surface area contributed by atoms with Crippen LogP contribution in [0.2, 0.25) is 5.15 Å². The van der Waals surface area contributed by atoms with Gasteiger partial charge in [-0.25, -0.2) is 8.42 Å². The largest absolute Gasteiger partial charge is 0.309 e. The van der Waals surface area contributed by atoms with E-state index in [1.165, 1.54) is 18.9 Å². The number of carbonyl (C=O) groups is 1.